The summed E-state index contributed by atoms with van der Waals surface area (Å²) in [5.74, 6) is 0. The Kier molecular flexibility index (Phi) is 5.23. The van der Waals surface area contributed by atoms with E-state index in [0.29, 0.717) is 0 Å². The van der Waals surface area contributed by atoms with Crippen molar-refractivity contribution in [2.75, 3.05) is 0 Å². The van der Waals surface area contributed by atoms with E-state index in [0.717, 1.165) is 0 Å². The SMILES string of the molecule is c1ccc(-n2c3ccccc3c3cc(-c4cccc5c6ccccc6n(-c6cc7c8ccccc8n8c9ccccc9c(c6)c78)c45)ccc32)cc1. The van der Waals surface area contributed by atoms with Crippen molar-refractivity contribution in [3.8, 4) is 22.5 Å². The van der Waals surface area contributed by atoms with Crippen LogP contribution in [0.4, 0.5) is 0 Å². The van der Waals surface area contributed by atoms with Crippen LogP contribution in [0.25, 0.3) is 104 Å². The Balaban J connectivity index is 1.19. The molecule has 0 aliphatic rings. The van der Waals surface area contributed by atoms with E-state index in [1.54, 1.807) is 0 Å². The fraction of sp³-hybridized carbons (Fsp3) is 0. The number of hydrogen-bond acceptors (Lipinski definition) is 0. The van der Waals surface area contributed by atoms with Gasteiger partial charge in [0.05, 0.1) is 38.6 Å². The molecule has 0 saturated heterocycles. The highest BCUT2D eigenvalue weighted by atomic mass is 15.0. The number of aromatic nitrogens is 3. The van der Waals surface area contributed by atoms with E-state index >= 15 is 0 Å². The van der Waals surface area contributed by atoms with Crippen LogP contribution in [0.15, 0.2) is 176 Å². The van der Waals surface area contributed by atoms with E-state index in [2.05, 4.69) is 189 Å². The van der Waals surface area contributed by atoms with Crippen LogP contribution in [0.2, 0.25) is 0 Å². The van der Waals surface area contributed by atoms with Gasteiger partial charge in [0.2, 0.25) is 0 Å². The lowest BCUT2D eigenvalue weighted by Gasteiger charge is -2.13. The molecule has 3 heteroatoms. The smallest absolute Gasteiger partial charge is 0.0622 e. The van der Waals surface area contributed by atoms with Crippen molar-refractivity contribution in [3.05, 3.63) is 176 Å². The maximum atomic E-state index is 2.51. The van der Waals surface area contributed by atoms with Crippen molar-refractivity contribution in [1.82, 2.24) is 13.5 Å². The second kappa shape index (κ2) is 9.87. The fourth-order valence-electron chi connectivity index (χ4n) is 9.08. The van der Waals surface area contributed by atoms with Gasteiger partial charge in [-0.3, -0.25) is 0 Å². The third-order valence-electron chi connectivity index (χ3n) is 11.1. The van der Waals surface area contributed by atoms with Crippen molar-refractivity contribution < 1.29 is 0 Å². The van der Waals surface area contributed by atoms with E-state index in [1.165, 1.54) is 104 Å². The van der Waals surface area contributed by atoms with Crippen LogP contribution in [0.3, 0.4) is 0 Å². The number of hydrogen-bond donors (Lipinski definition) is 0. The summed E-state index contributed by atoms with van der Waals surface area (Å²) in [5.41, 5.74) is 13.4. The lowest BCUT2D eigenvalue weighted by atomic mass is 9.99. The lowest BCUT2D eigenvalue weighted by molar-refractivity contribution is 1.18. The molecule has 0 amide bonds. The largest absolute Gasteiger partial charge is 0.309 e. The molecule has 0 aliphatic carbocycles. The first kappa shape index (κ1) is 27.0. The van der Waals surface area contributed by atoms with Crippen molar-refractivity contribution in [1.29, 1.82) is 0 Å². The van der Waals surface area contributed by atoms with Gasteiger partial charge in [-0.2, -0.15) is 0 Å². The normalized spacial score (nSPS) is 12.3. The molecule has 12 aromatic rings. The first-order valence-corrected chi connectivity index (χ1v) is 17.6. The Morgan fingerprint density at radius 1 is 0.275 bits per heavy atom. The average Bonchev–Trinajstić information content (AvgIpc) is 3.92. The van der Waals surface area contributed by atoms with Crippen LogP contribution < -0.4 is 0 Å². The Hall–Kier alpha value is -6.84. The molecule has 0 spiro atoms. The van der Waals surface area contributed by atoms with E-state index < -0.39 is 0 Å². The number of benzene rings is 8. The topological polar surface area (TPSA) is 14.3 Å². The molecule has 12 rings (SSSR count). The third-order valence-corrected chi connectivity index (χ3v) is 11.1. The average molecular weight is 648 g/mol. The quantitative estimate of drug-likeness (QED) is 0.181. The molecule has 4 heterocycles. The summed E-state index contributed by atoms with van der Waals surface area (Å²) < 4.78 is 7.36. The van der Waals surface area contributed by atoms with E-state index in [1.807, 2.05) is 0 Å². The van der Waals surface area contributed by atoms with Crippen LogP contribution in [-0.2, 0) is 0 Å². The Morgan fingerprint density at radius 2 is 0.784 bits per heavy atom. The predicted octanol–water partition coefficient (Wildman–Crippen LogP) is 12.7. The number of nitrogens with zero attached hydrogens (tertiary/aromatic N) is 3. The molecule has 8 aromatic carbocycles. The van der Waals surface area contributed by atoms with Gasteiger partial charge in [-0.15, -0.1) is 0 Å². The van der Waals surface area contributed by atoms with E-state index in [-0.39, 0.29) is 0 Å². The van der Waals surface area contributed by atoms with Gasteiger partial charge < -0.3 is 13.5 Å². The molecule has 0 unspecified atom stereocenters. The van der Waals surface area contributed by atoms with Gasteiger partial charge in [0, 0.05) is 60.0 Å². The number of rotatable bonds is 3. The molecule has 0 bridgehead atoms. The summed E-state index contributed by atoms with van der Waals surface area (Å²) in [4.78, 5) is 0. The number of para-hydroxylation sites is 6. The highest BCUT2D eigenvalue weighted by Crippen LogP contribution is 2.44. The first-order chi connectivity index (χ1) is 25.3. The second-order valence-electron chi connectivity index (χ2n) is 13.7. The van der Waals surface area contributed by atoms with Gasteiger partial charge in [-0.1, -0.05) is 115 Å². The maximum Gasteiger partial charge on any atom is 0.0622 e. The fourth-order valence-corrected chi connectivity index (χ4v) is 9.08. The molecule has 0 radical (unpaired) electrons. The van der Waals surface area contributed by atoms with Crippen molar-refractivity contribution in [2.45, 2.75) is 0 Å². The van der Waals surface area contributed by atoms with Crippen molar-refractivity contribution in [3.63, 3.8) is 0 Å². The molecule has 0 atom stereocenters. The Morgan fingerprint density at radius 3 is 1.45 bits per heavy atom. The molecule has 3 nitrogen and oxygen atoms in total. The summed E-state index contributed by atoms with van der Waals surface area (Å²) in [5, 5.41) is 10.2. The monoisotopic (exact) mass is 647 g/mol. The van der Waals surface area contributed by atoms with Gasteiger partial charge in [-0.05, 0) is 66.2 Å². The summed E-state index contributed by atoms with van der Waals surface area (Å²) in [6.45, 7) is 0. The first-order valence-electron chi connectivity index (χ1n) is 17.6. The molecule has 236 valence electrons. The second-order valence-corrected chi connectivity index (χ2v) is 13.7. The third kappa shape index (κ3) is 3.52. The van der Waals surface area contributed by atoms with E-state index in [4.69, 9.17) is 0 Å². The van der Waals surface area contributed by atoms with Crippen LogP contribution in [0, 0.1) is 0 Å². The molecule has 0 N–H and O–H groups in total. The summed E-state index contributed by atoms with van der Waals surface area (Å²) in [6.07, 6.45) is 0. The zero-order valence-corrected chi connectivity index (χ0v) is 27.6. The molecule has 4 aromatic heterocycles. The van der Waals surface area contributed by atoms with E-state index in [9.17, 15) is 0 Å². The van der Waals surface area contributed by atoms with Crippen molar-refractivity contribution >= 4 is 81.7 Å². The molecule has 51 heavy (non-hydrogen) atoms. The maximum absolute atomic E-state index is 2.51. The minimum absolute atomic E-state index is 1.17. The summed E-state index contributed by atoms with van der Waals surface area (Å²) in [6, 6.07) is 64.7. The van der Waals surface area contributed by atoms with Crippen LogP contribution in [-0.4, -0.2) is 13.5 Å². The van der Waals surface area contributed by atoms with Crippen molar-refractivity contribution in [2.24, 2.45) is 0 Å². The molecule has 0 saturated carbocycles. The minimum atomic E-state index is 1.17. The van der Waals surface area contributed by atoms with Crippen LogP contribution >= 0.6 is 0 Å². The van der Waals surface area contributed by atoms with Crippen LogP contribution in [0.5, 0.6) is 0 Å². The summed E-state index contributed by atoms with van der Waals surface area (Å²) in [7, 11) is 0. The van der Waals surface area contributed by atoms with Gasteiger partial charge in [0.25, 0.3) is 0 Å². The molecular weight excluding hydrogens is 619 g/mol. The predicted molar refractivity (Wildman–Crippen MR) is 215 cm³/mol. The molecule has 0 fully saturated rings. The zero-order chi connectivity index (χ0) is 33.2. The lowest BCUT2D eigenvalue weighted by Crippen LogP contribution is -1.96. The zero-order valence-electron chi connectivity index (χ0n) is 27.6. The van der Waals surface area contributed by atoms with Gasteiger partial charge in [0.15, 0.2) is 0 Å². The Bertz CT molecular complexity index is 3270. The Labute approximate surface area is 292 Å². The summed E-state index contributed by atoms with van der Waals surface area (Å²) >= 11 is 0. The minimum Gasteiger partial charge on any atom is -0.309 e. The number of fused-ring (bicyclic) bond motifs is 12. The highest BCUT2D eigenvalue weighted by Gasteiger charge is 2.22. The highest BCUT2D eigenvalue weighted by molar-refractivity contribution is 6.24. The van der Waals surface area contributed by atoms with Gasteiger partial charge in [-0.25, -0.2) is 0 Å². The standard InChI is InChI=1S/C48H29N3/c1-2-13-31(14-3-1)49-42-21-8-5-16-35(42)39-27-30(25-26-46(39)49)33-19-12-20-38-34-15-4-9-22-43(34)50(47(33)38)32-28-40-36-17-6-10-23-44(36)51-45-24-11-7-18-37(45)41(29-32)48(40)51/h1-29H. The molecular formula is C48H29N3. The van der Waals surface area contributed by atoms with Gasteiger partial charge >= 0.3 is 0 Å². The van der Waals surface area contributed by atoms with Gasteiger partial charge in [0.1, 0.15) is 0 Å². The van der Waals surface area contributed by atoms with Crippen LogP contribution in [0.1, 0.15) is 0 Å². The molecule has 0 aliphatic heterocycles.